The molecule has 1 saturated carbocycles. The minimum Gasteiger partial charge on any atom is -0.492 e. The third kappa shape index (κ3) is 2.26. The Balaban J connectivity index is 1.53. The van der Waals surface area contributed by atoms with E-state index >= 15 is 0 Å². The lowest BCUT2D eigenvalue weighted by Gasteiger charge is -2.16. The van der Waals surface area contributed by atoms with Crippen molar-refractivity contribution < 1.29 is 9.53 Å². The molecule has 2 atom stereocenters. The number of hydrogen-bond donors (Lipinski definition) is 1. The molecule has 0 bridgehead atoms. The van der Waals surface area contributed by atoms with Gasteiger partial charge < -0.3 is 10.1 Å². The molecule has 1 aromatic carbocycles. The molecule has 2 heterocycles. The van der Waals surface area contributed by atoms with Gasteiger partial charge in [0.05, 0.1) is 12.2 Å². The molecule has 1 aromatic heterocycles. The summed E-state index contributed by atoms with van der Waals surface area (Å²) in [6, 6.07) is 9.91. The van der Waals surface area contributed by atoms with Gasteiger partial charge in [0.2, 0.25) is 5.91 Å². The van der Waals surface area contributed by atoms with E-state index in [1.165, 1.54) is 12.8 Å². The van der Waals surface area contributed by atoms with E-state index in [-0.39, 0.29) is 11.8 Å². The van der Waals surface area contributed by atoms with Crippen molar-refractivity contribution in [3.63, 3.8) is 0 Å². The predicted octanol–water partition coefficient (Wildman–Crippen LogP) is 2.97. The average molecular weight is 297 g/mol. The molecule has 0 saturated heterocycles. The molecular weight excluding hydrogens is 278 g/mol. The van der Waals surface area contributed by atoms with Gasteiger partial charge in [0.15, 0.2) is 0 Å². The zero-order valence-corrected chi connectivity index (χ0v) is 12.5. The van der Waals surface area contributed by atoms with Crippen LogP contribution in [-0.2, 0) is 4.79 Å². The fourth-order valence-electron chi connectivity index (χ4n) is 3.11. The quantitative estimate of drug-likeness (QED) is 0.944. The molecule has 0 spiro atoms. The summed E-state index contributed by atoms with van der Waals surface area (Å²) in [4.78, 5) is 12.6. The molecule has 1 amide bonds. The maximum atomic E-state index is 12.6. The van der Waals surface area contributed by atoms with Crippen LogP contribution in [0.5, 0.6) is 5.75 Å². The highest BCUT2D eigenvalue weighted by Gasteiger charge is 2.33. The number of hydrogen-bond acceptors (Lipinski definition) is 3. The number of para-hydroxylation sites is 1. The molecule has 1 aliphatic carbocycles. The average Bonchev–Trinajstić information content (AvgIpc) is 3.13. The number of fused-ring (bicyclic) bond motifs is 1. The second-order valence-electron chi connectivity index (χ2n) is 6.13. The summed E-state index contributed by atoms with van der Waals surface area (Å²) >= 11 is 0. The lowest BCUT2D eigenvalue weighted by molar-refractivity contribution is -0.117. The largest absolute Gasteiger partial charge is 0.492 e. The van der Waals surface area contributed by atoms with Crippen LogP contribution >= 0.6 is 0 Å². The van der Waals surface area contributed by atoms with Crippen LogP contribution in [0.15, 0.2) is 36.5 Å². The minimum atomic E-state index is -0.254. The van der Waals surface area contributed by atoms with Gasteiger partial charge in [-0.3, -0.25) is 4.79 Å². The smallest absolute Gasteiger partial charge is 0.236 e. The van der Waals surface area contributed by atoms with Crippen LogP contribution in [0.2, 0.25) is 0 Å². The van der Waals surface area contributed by atoms with Crippen LogP contribution in [0, 0.1) is 5.92 Å². The molecule has 114 valence electrons. The number of amides is 1. The number of aromatic nitrogens is 2. The number of ether oxygens (including phenoxy) is 1. The molecule has 4 rings (SSSR count). The Labute approximate surface area is 129 Å². The lowest BCUT2D eigenvalue weighted by Crippen LogP contribution is -2.24. The first-order valence-electron chi connectivity index (χ1n) is 7.80. The van der Waals surface area contributed by atoms with Gasteiger partial charge in [-0.1, -0.05) is 18.2 Å². The summed E-state index contributed by atoms with van der Waals surface area (Å²) in [5, 5.41) is 7.39. The van der Waals surface area contributed by atoms with E-state index in [4.69, 9.17) is 4.74 Å². The molecule has 0 unspecified atom stereocenters. The molecule has 5 heteroatoms. The van der Waals surface area contributed by atoms with Crippen LogP contribution in [0.1, 0.15) is 37.3 Å². The summed E-state index contributed by atoms with van der Waals surface area (Å²) in [7, 11) is 0. The highest BCUT2D eigenvalue weighted by Crippen LogP contribution is 2.40. The van der Waals surface area contributed by atoms with E-state index < -0.39 is 0 Å². The first kappa shape index (κ1) is 13.4. The van der Waals surface area contributed by atoms with Crippen LogP contribution in [0.25, 0.3) is 0 Å². The summed E-state index contributed by atoms with van der Waals surface area (Å²) < 4.78 is 7.52. The molecule has 1 N–H and O–H groups in total. The van der Waals surface area contributed by atoms with Gasteiger partial charge in [0.1, 0.15) is 24.1 Å². The first-order valence-corrected chi connectivity index (χ1v) is 7.80. The number of benzene rings is 1. The van der Waals surface area contributed by atoms with E-state index in [0.717, 1.165) is 17.1 Å². The van der Waals surface area contributed by atoms with Crippen LogP contribution < -0.4 is 10.1 Å². The van der Waals surface area contributed by atoms with Gasteiger partial charge in [-0.2, -0.15) is 5.10 Å². The maximum absolute atomic E-state index is 12.6. The second-order valence-corrected chi connectivity index (χ2v) is 6.13. The molecule has 1 aliphatic heterocycles. The topological polar surface area (TPSA) is 56.2 Å². The maximum Gasteiger partial charge on any atom is 0.236 e. The Hall–Kier alpha value is -2.30. The number of carbonyl (C=O) groups is 1. The second kappa shape index (κ2) is 5.16. The fourth-order valence-corrected chi connectivity index (χ4v) is 3.11. The van der Waals surface area contributed by atoms with Crippen molar-refractivity contribution in [1.82, 2.24) is 9.78 Å². The first-order chi connectivity index (χ1) is 10.7. The predicted molar refractivity (Wildman–Crippen MR) is 83.0 cm³/mol. The molecule has 0 radical (unpaired) electrons. The van der Waals surface area contributed by atoms with Gasteiger partial charge in [0, 0.05) is 11.6 Å². The fraction of sp³-hybridized carbons (Fsp3) is 0.412. The van der Waals surface area contributed by atoms with Crippen molar-refractivity contribution in [2.45, 2.75) is 31.7 Å². The Morgan fingerprint density at radius 1 is 1.36 bits per heavy atom. The van der Waals surface area contributed by atoms with Gasteiger partial charge >= 0.3 is 0 Å². The molecule has 1 fully saturated rings. The van der Waals surface area contributed by atoms with Crippen molar-refractivity contribution in [2.75, 3.05) is 11.9 Å². The molecule has 2 aromatic rings. The van der Waals surface area contributed by atoms with E-state index in [0.29, 0.717) is 18.6 Å². The number of anilines is 1. The lowest BCUT2D eigenvalue weighted by atomic mass is 10.0. The monoisotopic (exact) mass is 297 g/mol. The Morgan fingerprint density at radius 3 is 3.00 bits per heavy atom. The highest BCUT2D eigenvalue weighted by atomic mass is 16.5. The Bertz CT molecular complexity index is 705. The van der Waals surface area contributed by atoms with Crippen molar-refractivity contribution >= 4 is 11.7 Å². The number of nitrogens with zero attached hydrogens (tertiary/aromatic N) is 2. The molecule has 22 heavy (non-hydrogen) atoms. The van der Waals surface area contributed by atoms with Gasteiger partial charge in [0.25, 0.3) is 0 Å². The van der Waals surface area contributed by atoms with Crippen LogP contribution in [0.4, 0.5) is 5.82 Å². The van der Waals surface area contributed by atoms with E-state index in [1.807, 2.05) is 35.0 Å². The zero-order valence-electron chi connectivity index (χ0n) is 12.5. The van der Waals surface area contributed by atoms with Gasteiger partial charge in [-0.25, -0.2) is 4.68 Å². The van der Waals surface area contributed by atoms with E-state index in [9.17, 15) is 4.79 Å². The molecular formula is C17H19N3O2. The highest BCUT2D eigenvalue weighted by molar-refractivity contribution is 5.96. The van der Waals surface area contributed by atoms with Gasteiger partial charge in [-0.05, 0) is 31.7 Å². The van der Waals surface area contributed by atoms with Gasteiger partial charge in [-0.15, -0.1) is 0 Å². The van der Waals surface area contributed by atoms with E-state index in [2.05, 4.69) is 17.3 Å². The summed E-state index contributed by atoms with van der Waals surface area (Å²) in [5.41, 5.74) is 0.960. The molecule has 5 nitrogen and oxygen atoms in total. The summed E-state index contributed by atoms with van der Waals surface area (Å²) in [6.07, 6.45) is 4.24. The number of carbonyl (C=O) groups excluding carboxylic acids is 1. The third-order valence-corrected chi connectivity index (χ3v) is 4.63. The molecule has 2 aliphatic rings. The summed E-state index contributed by atoms with van der Waals surface area (Å²) in [5.74, 6) is 1.98. The van der Waals surface area contributed by atoms with Crippen LogP contribution in [-0.4, -0.2) is 22.3 Å². The van der Waals surface area contributed by atoms with Crippen molar-refractivity contribution in [3.8, 4) is 5.75 Å². The van der Waals surface area contributed by atoms with Crippen molar-refractivity contribution in [1.29, 1.82) is 0 Å². The van der Waals surface area contributed by atoms with Crippen LogP contribution in [0.3, 0.4) is 0 Å². The standard InChI is InChI=1S/C17H19N3O2/c1-11(12-6-7-12)20-16(8-9-18-20)19-17(21)14-10-22-15-5-3-2-4-13(14)15/h2-5,8-9,11-12,14H,6-7,10H2,1H3,(H,19,21)/t11-,14+/m0/s1. The van der Waals surface area contributed by atoms with Crippen molar-refractivity contribution in [2.24, 2.45) is 5.92 Å². The SMILES string of the molecule is C[C@@H](C1CC1)n1nccc1NC(=O)[C@@H]1COc2ccccc21. The van der Waals surface area contributed by atoms with E-state index in [1.54, 1.807) is 6.20 Å². The van der Waals surface area contributed by atoms with Crippen molar-refractivity contribution in [3.05, 3.63) is 42.1 Å². The Kier molecular flexibility index (Phi) is 3.13. The number of nitrogens with one attached hydrogen (secondary N) is 1. The normalized spacial score (nSPS) is 21.0. The zero-order chi connectivity index (χ0) is 15.1. The minimum absolute atomic E-state index is 0.0327. The Morgan fingerprint density at radius 2 is 2.18 bits per heavy atom. The third-order valence-electron chi connectivity index (χ3n) is 4.63. The summed E-state index contributed by atoms with van der Waals surface area (Å²) in [6.45, 7) is 2.56. The number of rotatable bonds is 4.